The van der Waals surface area contributed by atoms with E-state index in [1.54, 1.807) is 27.9 Å². The second-order valence-corrected chi connectivity index (χ2v) is 5.07. The lowest BCUT2D eigenvalue weighted by Gasteiger charge is -2.30. The lowest BCUT2D eigenvalue weighted by atomic mass is 10.1. The summed E-state index contributed by atoms with van der Waals surface area (Å²) in [7, 11) is 3.15. The van der Waals surface area contributed by atoms with Crippen molar-refractivity contribution < 1.29 is 14.4 Å². The normalized spacial score (nSPS) is 21.5. The van der Waals surface area contributed by atoms with Crippen molar-refractivity contribution in [1.82, 2.24) is 10.2 Å². The largest absolute Gasteiger partial charge is 0.435 e. The van der Waals surface area contributed by atoms with Crippen LogP contribution in [0.25, 0.3) is 0 Å². The van der Waals surface area contributed by atoms with E-state index in [1.807, 2.05) is 0 Å². The highest BCUT2D eigenvalue weighted by Gasteiger charge is 2.33. The molecular formula is C9H15N3O3S. The average molecular weight is 245 g/mol. The highest BCUT2D eigenvalue weighted by Crippen LogP contribution is 2.22. The third kappa shape index (κ3) is 3.13. The number of hydrogen-bond acceptors (Lipinski definition) is 5. The van der Waals surface area contributed by atoms with Crippen LogP contribution in [0.4, 0.5) is 4.79 Å². The third-order valence-corrected chi connectivity index (χ3v) is 3.16. The summed E-state index contributed by atoms with van der Waals surface area (Å²) in [5.41, 5.74) is -0.591. The van der Waals surface area contributed by atoms with E-state index in [0.29, 0.717) is 10.8 Å². The van der Waals surface area contributed by atoms with Gasteiger partial charge in [0.05, 0.1) is 11.3 Å². The third-order valence-electron chi connectivity index (χ3n) is 1.90. The lowest BCUT2D eigenvalue weighted by molar-refractivity contribution is -0.119. The number of thioether (sulfide) groups is 1. The summed E-state index contributed by atoms with van der Waals surface area (Å²) in [4.78, 5) is 28.3. The molecule has 1 rings (SSSR count). The second kappa shape index (κ2) is 4.73. The van der Waals surface area contributed by atoms with Crippen LogP contribution in [-0.2, 0) is 9.63 Å². The van der Waals surface area contributed by atoms with Crippen LogP contribution in [0.15, 0.2) is 5.16 Å². The quantitative estimate of drug-likeness (QED) is 0.543. The average Bonchev–Trinajstić information content (AvgIpc) is 2.14. The highest BCUT2D eigenvalue weighted by molar-refractivity contribution is 8.14. The molecule has 90 valence electrons. The first-order valence-electron chi connectivity index (χ1n) is 4.73. The Balaban J connectivity index is 2.69. The van der Waals surface area contributed by atoms with Crippen molar-refractivity contribution in [3.05, 3.63) is 0 Å². The van der Waals surface area contributed by atoms with Crippen molar-refractivity contribution in [2.75, 3.05) is 19.8 Å². The Bertz CT molecular complexity index is 339. The number of carbonyl (C=O) groups excluding carboxylic acids is 2. The van der Waals surface area contributed by atoms with E-state index in [0.717, 1.165) is 0 Å². The van der Waals surface area contributed by atoms with Gasteiger partial charge in [0.2, 0.25) is 5.91 Å². The van der Waals surface area contributed by atoms with Gasteiger partial charge in [-0.25, -0.2) is 4.79 Å². The molecular weight excluding hydrogens is 230 g/mol. The molecule has 1 heterocycles. The van der Waals surface area contributed by atoms with Gasteiger partial charge in [0.25, 0.3) is 0 Å². The number of hydrogen-bond donors (Lipinski definition) is 1. The predicted octanol–water partition coefficient (Wildman–Crippen LogP) is 0.640. The minimum atomic E-state index is -0.591. The van der Waals surface area contributed by atoms with Crippen molar-refractivity contribution in [3.63, 3.8) is 0 Å². The lowest BCUT2D eigenvalue weighted by Crippen LogP contribution is -2.53. The standard InChI is InChI=1S/C9H15N3O3S/c1-9(2)7(16-5-6(13)10-9)11-15-8(14)12(3)4/h5H2,1-4H3,(H,10,13). The number of carbonyl (C=O) groups is 2. The van der Waals surface area contributed by atoms with Crippen molar-refractivity contribution in [1.29, 1.82) is 0 Å². The van der Waals surface area contributed by atoms with Crippen molar-refractivity contribution in [2.45, 2.75) is 19.4 Å². The summed E-state index contributed by atoms with van der Waals surface area (Å²) < 4.78 is 0. The van der Waals surface area contributed by atoms with Crippen LogP contribution in [0, 0.1) is 0 Å². The SMILES string of the molecule is CN(C)C(=O)ON=C1SCC(=O)NC1(C)C. The first-order valence-corrected chi connectivity index (χ1v) is 5.72. The molecule has 0 atom stereocenters. The Morgan fingerprint density at radius 2 is 2.19 bits per heavy atom. The smallest absolute Gasteiger partial charge is 0.344 e. The molecule has 1 N–H and O–H groups in total. The first kappa shape index (κ1) is 12.8. The fourth-order valence-corrected chi connectivity index (χ4v) is 1.90. The molecule has 1 aliphatic rings. The molecule has 0 aliphatic carbocycles. The van der Waals surface area contributed by atoms with Gasteiger partial charge in [-0.05, 0) is 13.8 Å². The molecule has 2 amide bonds. The van der Waals surface area contributed by atoms with E-state index in [-0.39, 0.29) is 5.91 Å². The van der Waals surface area contributed by atoms with Crippen molar-refractivity contribution >= 4 is 28.8 Å². The summed E-state index contributed by atoms with van der Waals surface area (Å²) in [5, 5.41) is 7.11. The van der Waals surface area contributed by atoms with Gasteiger partial charge in [-0.15, -0.1) is 0 Å². The Kier molecular flexibility index (Phi) is 3.79. The van der Waals surface area contributed by atoms with Crippen LogP contribution in [0.2, 0.25) is 0 Å². The minimum absolute atomic E-state index is 0.0483. The zero-order valence-electron chi connectivity index (χ0n) is 9.73. The fraction of sp³-hybridized carbons (Fsp3) is 0.667. The molecule has 0 aromatic carbocycles. The van der Waals surface area contributed by atoms with Gasteiger partial charge in [0.15, 0.2) is 0 Å². The second-order valence-electron chi connectivity index (χ2n) is 4.11. The minimum Gasteiger partial charge on any atom is -0.344 e. The molecule has 1 aliphatic heterocycles. The van der Waals surface area contributed by atoms with Gasteiger partial charge < -0.3 is 10.2 Å². The molecule has 7 heteroatoms. The Morgan fingerprint density at radius 1 is 1.56 bits per heavy atom. The van der Waals surface area contributed by atoms with Gasteiger partial charge in [-0.3, -0.25) is 9.63 Å². The van der Waals surface area contributed by atoms with E-state index in [9.17, 15) is 9.59 Å². The van der Waals surface area contributed by atoms with E-state index >= 15 is 0 Å². The number of nitrogens with one attached hydrogen (secondary N) is 1. The maximum absolute atomic E-state index is 11.2. The summed E-state index contributed by atoms with van der Waals surface area (Å²) in [6, 6.07) is 0. The Morgan fingerprint density at radius 3 is 2.69 bits per heavy atom. The topological polar surface area (TPSA) is 71.0 Å². The summed E-state index contributed by atoms with van der Waals surface area (Å²) >= 11 is 1.27. The van der Waals surface area contributed by atoms with E-state index in [2.05, 4.69) is 10.5 Å². The van der Waals surface area contributed by atoms with Crippen LogP contribution in [-0.4, -0.2) is 47.3 Å². The van der Waals surface area contributed by atoms with Crippen LogP contribution in [0.3, 0.4) is 0 Å². The molecule has 0 saturated carbocycles. The van der Waals surface area contributed by atoms with Crippen LogP contribution in [0.1, 0.15) is 13.8 Å². The van der Waals surface area contributed by atoms with E-state index in [4.69, 9.17) is 4.84 Å². The summed E-state index contributed by atoms with van der Waals surface area (Å²) in [6.45, 7) is 3.61. The molecule has 0 bridgehead atoms. The predicted molar refractivity (Wildman–Crippen MR) is 62.3 cm³/mol. The molecule has 0 aromatic heterocycles. The van der Waals surface area contributed by atoms with Gasteiger partial charge in [-0.2, -0.15) is 0 Å². The van der Waals surface area contributed by atoms with Crippen LogP contribution < -0.4 is 5.32 Å². The van der Waals surface area contributed by atoms with Crippen LogP contribution in [0.5, 0.6) is 0 Å². The molecule has 0 aromatic rings. The highest BCUT2D eigenvalue weighted by atomic mass is 32.2. The van der Waals surface area contributed by atoms with E-state index < -0.39 is 11.6 Å². The molecule has 0 radical (unpaired) electrons. The van der Waals surface area contributed by atoms with Gasteiger partial charge in [-0.1, -0.05) is 16.9 Å². The number of amides is 2. The monoisotopic (exact) mass is 245 g/mol. The first-order chi connectivity index (χ1) is 7.33. The Hall–Kier alpha value is -1.24. The fourth-order valence-electron chi connectivity index (χ4n) is 1.06. The molecule has 1 saturated heterocycles. The number of oxime groups is 1. The number of rotatable bonds is 1. The summed E-state index contributed by atoms with van der Waals surface area (Å²) in [6.07, 6.45) is -0.541. The Labute approximate surface area is 98.4 Å². The van der Waals surface area contributed by atoms with Gasteiger partial charge >= 0.3 is 6.09 Å². The molecule has 0 unspecified atom stereocenters. The maximum Gasteiger partial charge on any atom is 0.435 e. The van der Waals surface area contributed by atoms with E-state index in [1.165, 1.54) is 16.7 Å². The number of nitrogens with zero attached hydrogens (tertiary/aromatic N) is 2. The zero-order valence-corrected chi connectivity index (χ0v) is 10.6. The van der Waals surface area contributed by atoms with Crippen molar-refractivity contribution in [2.24, 2.45) is 5.16 Å². The molecule has 16 heavy (non-hydrogen) atoms. The van der Waals surface area contributed by atoms with Crippen molar-refractivity contribution in [3.8, 4) is 0 Å². The molecule has 1 fully saturated rings. The van der Waals surface area contributed by atoms with Gasteiger partial charge in [0.1, 0.15) is 5.04 Å². The molecule has 6 nitrogen and oxygen atoms in total. The zero-order chi connectivity index (χ0) is 12.3. The maximum atomic E-state index is 11.2. The van der Waals surface area contributed by atoms with Crippen LogP contribution >= 0.6 is 11.8 Å². The molecule has 0 spiro atoms. The summed E-state index contributed by atoms with van der Waals surface area (Å²) in [5.74, 6) is 0.245. The van der Waals surface area contributed by atoms with Gasteiger partial charge in [0, 0.05) is 14.1 Å².